The van der Waals surface area contributed by atoms with Crippen molar-refractivity contribution in [3.8, 4) is 0 Å². The number of carboxylic acid groups (broad SMARTS) is 1. The van der Waals surface area contributed by atoms with Gasteiger partial charge < -0.3 is 15.3 Å². The molecule has 0 atom stereocenters. The molecule has 1 saturated carbocycles. The number of urea groups is 1. The zero-order valence-corrected chi connectivity index (χ0v) is 11.9. The maximum Gasteiger partial charge on any atom is 0.337 e. The number of nitrogens with one attached hydrogen (secondary N) is 1. The molecule has 0 heterocycles. The van der Waals surface area contributed by atoms with Crippen molar-refractivity contribution < 1.29 is 19.1 Å². The minimum absolute atomic E-state index is 0.252. The predicted octanol–water partition coefficient (Wildman–Crippen LogP) is 3.18. The molecule has 0 radical (unpaired) electrons. The summed E-state index contributed by atoms with van der Waals surface area (Å²) in [5, 5.41) is 11.4. The normalized spacial score (nSPS) is 15.0. The molecule has 21 heavy (non-hydrogen) atoms. The monoisotopic (exact) mass is 294 g/mol. The molecule has 0 aromatic heterocycles. The van der Waals surface area contributed by atoms with E-state index < -0.39 is 17.8 Å². The Bertz CT molecular complexity index is 542. The topological polar surface area (TPSA) is 69.6 Å². The Kier molecular flexibility index (Phi) is 4.77. The van der Waals surface area contributed by atoms with Gasteiger partial charge in [0.15, 0.2) is 0 Å². The van der Waals surface area contributed by atoms with E-state index in [1.165, 1.54) is 29.9 Å². The zero-order chi connectivity index (χ0) is 15.4. The lowest BCUT2D eigenvalue weighted by atomic mass is 10.1. The third kappa shape index (κ3) is 3.71. The number of rotatable bonds is 4. The standard InChI is InChI=1S/C15H19FN2O3/c1-18(9-10-5-2-3-6-10)15(21)17-13-11(14(19)20)7-4-8-12(13)16/h4,7-8,10H,2-3,5-6,9H2,1H3,(H,17,21)(H,19,20). The molecule has 1 aromatic carbocycles. The van der Waals surface area contributed by atoms with Gasteiger partial charge in [-0.1, -0.05) is 18.9 Å². The summed E-state index contributed by atoms with van der Waals surface area (Å²) in [4.78, 5) is 24.6. The molecule has 6 heteroatoms. The molecule has 1 aromatic rings. The van der Waals surface area contributed by atoms with Crippen LogP contribution >= 0.6 is 0 Å². The first-order valence-electron chi connectivity index (χ1n) is 7.03. The highest BCUT2D eigenvalue weighted by Crippen LogP contribution is 2.26. The summed E-state index contributed by atoms with van der Waals surface area (Å²) in [7, 11) is 1.63. The van der Waals surface area contributed by atoms with Gasteiger partial charge >= 0.3 is 12.0 Å². The van der Waals surface area contributed by atoms with Crippen molar-refractivity contribution in [2.45, 2.75) is 25.7 Å². The number of aromatic carboxylic acids is 1. The quantitative estimate of drug-likeness (QED) is 0.896. The van der Waals surface area contributed by atoms with Crippen LogP contribution in [0.5, 0.6) is 0 Å². The summed E-state index contributed by atoms with van der Waals surface area (Å²) in [6, 6.07) is 3.20. The van der Waals surface area contributed by atoms with E-state index in [0.29, 0.717) is 12.5 Å². The maximum absolute atomic E-state index is 13.7. The summed E-state index contributed by atoms with van der Waals surface area (Å²) in [6.07, 6.45) is 4.54. The molecule has 0 aliphatic heterocycles. The first kappa shape index (κ1) is 15.3. The van der Waals surface area contributed by atoms with Gasteiger partial charge in [0.1, 0.15) is 5.82 Å². The van der Waals surface area contributed by atoms with Crippen LogP contribution in [0.3, 0.4) is 0 Å². The van der Waals surface area contributed by atoms with Gasteiger partial charge in [-0.05, 0) is 30.9 Å². The number of benzene rings is 1. The molecule has 2 rings (SSSR count). The molecular formula is C15H19FN2O3. The van der Waals surface area contributed by atoms with Crippen LogP contribution in [0.1, 0.15) is 36.0 Å². The lowest BCUT2D eigenvalue weighted by Crippen LogP contribution is -2.35. The van der Waals surface area contributed by atoms with Crippen LogP contribution in [0.4, 0.5) is 14.9 Å². The second kappa shape index (κ2) is 6.56. The summed E-state index contributed by atoms with van der Waals surface area (Å²) in [5.41, 5.74) is -0.536. The largest absolute Gasteiger partial charge is 0.478 e. The van der Waals surface area contributed by atoms with Gasteiger partial charge in [0, 0.05) is 13.6 Å². The van der Waals surface area contributed by atoms with Crippen molar-refractivity contribution in [2.75, 3.05) is 18.9 Å². The molecule has 0 spiro atoms. The van der Waals surface area contributed by atoms with Crippen LogP contribution in [0, 0.1) is 11.7 Å². The van der Waals surface area contributed by atoms with E-state index in [0.717, 1.165) is 18.9 Å². The number of carbonyl (C=O) groups excluding carboxylic acids is 1. The Morgan fingerprint density at radius 3 is 2.67 bits per heavy atom. The van der Waals surface area contributed by atoms with Gasteiger partial charge in [0.25, 0.3) is 0 Å². The Labute approximate surface area is 122 Å². The Hall–Kier alpha value is -2.11. The second-order valence-corrected chi connectivity index (χ2v) is 5.43. The van der Waals surface area contributed by atoms with Crippen molar-refractivity contribution in [1.29, 1.82) is 0 Å². The van der Waals surface area contributed by atoms with Crippen LogP contribution in [-0.2, 0) is 0 Å². The molecule has 1 fully saturated rings. The Morgan fingerprint density at radius 1 is 1.38 bits per heavy atom. The Morgan fingerprint density at radius 2 is 2.05 bits per heavy atom. The van der Waals surface area contributed by atoms with Gasteiger partial charge in [0.2, 0.25) is 0 Å². The summed E-state index contributed by atoms with van der Waals surface area (Å²) in [5.74, 6) is -1.55. The number of carbonyl (C=O) groups is 2. The summed E-state index contributed by atoms with van der Waals surface area (Å²) >= 11 is 0. The van der Waals surface area contributed by atoms with E-state index in [1.54, 1.807) is 7.05 Å². The average molecular weight is 294 g/mol. The van der Waals surface area contributed by atoms with E-state index in [9.17, 15) is 14.0 Å². The van der Waals surface area contributed by atoms with Crippen LogP contribution in [0.15, 0.2) is 18.2 Å². The number of amides is 2. The third-order valence-corrected chi connectivity index (χ3v) is 3.83. The van der Waals surface area contributed by atoms with E-state index in [1.807, 2.05) is 0 Å². The van der Waals surface area contributed by atoms with Crippen LogP contribution in [0.2, 0.25) is 0 Å². The highest BCUT2D eigenvalue weighted by atomic mass is 19.1. The first-order valence-corrected chi connectivity index (χ1v) is 7.03. The number of para-hydroxylation sites is 1. The average Bonchev–Trinajstić information content (AvgIpc) is 2.93. The van der Waals surface area contributed by atoms with Crippen LogP contribution < -0.4 is 5.32 Å². The van der Waals surface area contributed by atoms with Gasteiger partial charge in [-0.3, -0.25) is 0 Å². The van der Waals surface area contributed by atoms with Crippen molar-refractivity contribution in [1.82, 2.24) is 4.90 Å². The molecule has 5 nitrogen and oxygen atoms in total. The molecule has 2 N–H and O–H groups in total. The summed E-state index contributed by atoms with van der Waals surface area (Å²) in [6.45, 7) is 0.600. The molecule has 114 valence electrons. The van der Waals surface area contributed by atoms with E-state index in [4.69, 9.17) is 5.11 Å². The molecule has 0 unspecified atom stereocenters. The van der Waals surface area contributed by atoms with E-state index in [-0.39, 0.29) is 11.3 Å². The minimum atomic E-state index is -1.27. The summed E-state index contributed by atoms with van der Waals surface area (Å²) < 4.78 is 13.7. The fourth-order valence-electron chi connectivity index (χ4n) is 2.69. The van der Waals surface area contributed by atoms with Gasteiger partial charge in [-0.15, -0.1) is 0 Å². The van der Waals surface area contributed by atoms with Crippen molar-refractivity contribution in [3.63, 3.8) is 0 Å². The van der Waals surface area contributed by atoms with Gasteiger partial charge in [-0.2, -0.15) is 0 Å². The first-order chi connectivity index (χ1) is 9.99. The number of hydrogen-bond acceptors (Lipinski definition) is 2. The SMILES string of the molecule is CN(CC1CCCC1)C(=O)Nc1c(F)cccc1C(=O)O. The number of halogens is 1. The molecule has 0 bridgehead atoms. The minimum Gasteiger partial charge on any atom is -0.478 e. The number of nitrogens with zero attached hydrogens (tertiary/aromatic N) is 1. The van der Waals surface area contributed by atoms with Crippen molar-refractivity contribution in [2.24, 2.45) is 5.92 Å². The molecule has 1 aliphatic carbocycles. The lowest BCUT2D eigenvalue weighted by molar-refractivity contribution is 0.0697. The fourth-order valence-corrected chi connectivity index (χ4v) is 2.69. The molecule has 2 amide bonds. The molecular weight excluding hydrogens is 275 g/mol. The van der Waals surface area contributed by atoms with Crippen LogP contribution in [-0.4, -0.2) is 35.6 Å². The van der Waals surface area contributed by atoms with Gasteiger partial charge in [-0.25, -0.2) is 14.0 Å². The smallest absolute Gasteiger partial charge is 0.337 e. The molecule has 0 saturated heterocycles. The number of hydrogen-bond donors (Lipinski definition) is 2. The zero-order valence-electron chi connectivity index (χ0n) is 11.9. The highest BCUT2D eigenvalue weighted by molar-refractivity contribution is 6.00. The number of anilines is 1. The Balaban J connectivity index is 2.06. The lowest BCUT2D eigenvalue weighted by Gasteiger charge is -2.22. The third-order valence-electron chi connectivity index (χ3n) is 3.83. The van der Waals surface area contributed by atoms with Crippen molar-refractivity contribution in [3.05, 3.63) is 29.6 Å². The predicted molar refractivity (Wildman–Crippen MR) is 77.0 cm³/mol. The van der Waals surface area contributed by atoms with E-state index >= 15 is 0 Å². The fraction of sp³-hybridized carbons (Fsp3) is 0.467. The number of carboxylic acids is 1. The van der Waals surface area contributed by atoms with Crippen LogP contribution in [0.25, 0.3) is 0 Å². The second-order valence-electron chi connectivity index (χ2n) is 5.43. The maximum atomic E-state index is 13.7. The highest BCUT2D eigenvalue weighted by Gasteiger charge is 2.22. The van der Waals surface area contributed by atoms with Gasteiger partial charge in [0.05, 0.1) is 11.3 Å². The van der Waals surface area contributed by atoms with Crippen molar-refractivity contribution >= 4 is 17.7 Å². The van der Waals surface area contributed by atoms with E-state index in [2.05, 4.69) is 5.32 Å². The molecule has 1 aliphatic rings.